The Hall–Kier alpha value is -7.96. The number of amides is 4. The molecule has 3 aliphatic rings. The number of nitrogens with one attached hydrogen (secondary N) is 4. The number of carbonyl (C=O) groups is 6. The molecule has 2 aromatic heterocycles. The van der Waals surface area contributed by atoms with Gasteiger partial charge >= 0.3 is 13.1 Å². The predicted molar refractivity (Wildman–Crippen MR) is 311 cm³/mol. The summed E-state index contributed by atoms with van der Waals surface area (Å²) in [6.45, 7) is 0.375. The zero-order valence-electron chi connectivity index (χ0n) is 48.0. The first-order valence-corrected chi connectivity index (χ1v) is 30.0. The highest BCUT2D eigenvalue weighted by Crippen LogP contribution is 2.40. The van der Waals surface area contributed by atoms with Gasteiger partial charge in [0.2, 0.25) is 11.8 Å². The number of halogens is 2. The second-order valence-electron chi connectivity index (χ2n) is 21.6. The fourth-order valence-corrected chi connectivity index (χ4v) is 11.0. The SMILES string of the molecule is Cc1cc(/C=C/c2ccc(OCCCC(=O)NC(CCCN[N+](C)(C)C)C(=O)NCC[NH+](C)CCOc3cc([N+](=O)[O-])c(C(C)OC(=O)ON4C(=O)CCC4=O)cc3C=O)cc2)n2c1C=C1C(CCCS(=O)(=O)O)=CC(c3cccs3)=[N+]1[B-]2(F)F. The summed E-state index contributed by atoms with van der Waals surface area (Å²) in [6.07, 6.45) is 5.61. The quantitative estimate of drug-likeness (QED) is 0.00507. The molecule has 0 aliphatic carbocycles. The number of thiophene rings is 1. The minimum absolute atomic E-state index is 0.00633. The van der Waals surface area contributed by atoms with Crippen molar-refractivity contribution in [1.82, 2.24) is 25.6 Å². The van der Waals surface area contributed by atoms with Crippen LogP contribution in [0, 0.1) is 17.0 Å². The number of aldehydes is 1. The monoisotopic (exact) mass is 1220 g/mol. The van der Waals surface area contributed by atoms with Gasteiger partial charge in [-0.15, -0.1) is 11.3 Å². The summed E-state index contributed by atoms with van der Waals surface area (Å²) in [4.78, 5) is 92.4. The molecular formula is C56H70BF2N9O15S2+2. The molecule has 3 unspecified atom stereocenters. The summed E-state index contributed by atoms with van der Waals surface area (Å²) >= 11 is 1.32. The molecule has 0 bridgehead atoms. The van der Waals surface area contributed by atoms with Crippen molar-refractivity contribution in [3.8, 4) is 11.5 Å². The molecule has 85 heavy (non-hydrogen) atoms. The highest BCUT2D eigenvalue weighted by molar-refractivity contribution is 7.85. The summed E-state index contributed by atoms with van der Waals surface area (Å²) in [5.74, 6) is -2.28. The maximum absolute atomic E-state index is 17.0. The van der Waals surface area contributed by atoms with Crippen LogP contribution in [0.1, 0.15) is 108 Å². The number of imide groups is 1. The number of quaternary nitrogens is 2. The molecule has 5 N–H and O–H groups in total. The third kappa shape index (κ3) is 17.3. The van der Waals surface area contributed by atoms with Crippen molar-refractivity contribution in [1.29, 1.82) is 0 Å². The second kappa shape index (κ2) is 28.3. The van der Waals surface area contributed by atoms with Crippen LogP contribution >= 0.6 is 11.3 Å². The Balaban J connectivity index is 0.876. The van der Waals surface area contributed by atoms with Crippen LogP contribution < -0.4 is 30.4 Å². The van der Waals surface area contributed by atoms with Crippen molar-refractivity contribution in [3.63, 3.8) is 0 Å². The van der Waals surface area contributed by atoms with Gasteiger partial charge in [0.05, 0.1) is 80.6 Å². The molecule has 5 heterocycles. The average Bonchev–Trinajstić information content (AvgIpc) is 1.73. The number of aromatic nitrogens is 1. The standard InChI is InChI=1S/C56H68BF2N9O15S2/c1-37-31-42(64-46(37)34-47-40(11-10-30-85(77,78)79)33-49(51-13-9-29-84-51)65(47)57(64,58)59)18-15-39-16-19-43(20-17-39)80-27-8-14-52(70)62-45(12-7-23-61-68(4,5)6)55(73)60-24-25-63(3)26-28-81-50-35-48(67(75)76)44(32-41(50)36-69)38(2)82-56(74)83-66-53(71)21-22-54(66)72/h9,13,15-20,29,31-36,38,45,61H,7-8,10-12,14,21-28,30H2,1-6H3,(H2-,60,62,70,73,77,78,79)/p+2/b18-15+. The first-order chi connectivity index (χ1) is 40.2. The molecule has 3 aliphatic heterocycles. The maximum Gasteiger partial charge on any atom is 0.737 e. The molecule has 3 atom stereocenters. The average molecular weight is 1220 g/mol. The van der Waals surface area contributed by atoms with Crippen LogP contribution in [-0.2, 0) is 38.9 Å². The number of likely N-dealkylation sites (N-methyl/N-ethyl adjacent to an activating group) is 1. The zero-order valence-corrected chi connectivity index (χ0v) is 49.6. The Bertz CT molecular complexity index is 3400. The molecule has 0 radical (unpaired) electrons. The number of hydrogen-bond donors (Lipinski definition) is 5. The molecule has 2 aromatic carbocycles. The first-order valence-electron chi connectivity index (χ1n) is 27.6. The predicted octanol–water partition coefficient (Wildman–Crippen LogP) is 5.06. The second-order valence-corrected chi connectivity index (χ2v) is 24.1. The van der Waals surface area contributed by atoms with Crippen LogP contribution in [-0.4, -0.2) is 165 Å². The molecule has 29 heteroatoms. The molecule has 24 nitrogen and oxygen atoms in total. The van der Waals surface area contributed by atoms with E-state index in [0.29, 0.717) is 94.2 Å². The fourth-order valence-electron chi connectivity index (χ4n) is 9.73. The third-order valence-corrected chi connectivity index (χ3v) is 15.7. The summed E-state index contributed by atoms with van der Waals surface area (Å²) in [5.41, 5.74) is 5.67. The Morgan fingerprint density at radius 2 is 1.72 bits per heavy atom. The van der Waals surface area contributed by atoms with Crippen molar-refractivity contribution in [2.75, 3.05) is 73.3 Å². The number of hydroxylamine groups is 2. The highest BCUT2D eigenvalue weighted by Gasteiger charge is 2.54. The number of allylic oxidation sites excluding steroid dienone is 2. The maximum atomic E-state index is 17.0. The van der Waals surface area contributed by atoms with Gasteiger partial charge in [-0.3, -0.25) is 48.1 Å². The van der Waals surface area contributed by atoms with Gasteiger partial charge in [0.1, 0.15) is 36.8 Å². The minimum atomic E-state index is -4.42. The van der Waals surface area contributed by atoms with Crippen molar-refractivity contribution >= 4 is 94.1 Å². The first kappa shape index (κ1) is 64.6. The van der Waals surface area contributed by atoms with Gasteiger partial charge in [-0.1, -0.05) is 29.3 Å². The van der Waals surface area contributed by atoms with Crippen molar-refractivity contribution in [3.05, 3.63) is 126 Å². The number of carbonyl (C=O) groups excluding carboxylic acids is 6. The highest BCUT2D eigenvalue weighted by atomic mass is 32.2. The molecule has 0 saturated carbocycles. The van der Waals surface area contributed by atoms with Gasteiger partial charge < -0.3 is 47.3 Å². The smallest absolute Gasteiger partial charge is 0.494 e. The molecule has 456 valence electrons. The van der Waals surface area contributed by atoms with Crippen LogP contribution in [0.25, 0.3) is 18.2 Å². The molecule has 0 spiro atoms. The molecule has 4 amide bonds. The summed E-state index contributed by atoms with van der Waals surface area (Å²) in [5, 5.41) is 19.9. The summed E-state index contributed by atoms with van der Waals surface area (Å²) in [7, 11) is 3.48. The molecule has 1 saturated heterocycles. The lowest BCUT2D eigenvalue weighted by atomic mass is 9.88. The molecule has 1 fully saturated rings. The molecule has 4 aromatic rings. The summed E-state index contributed by atoms with van der Waals surface area (Å²) in [6, 6.07) is 13.6. The molecular weight excluding hydrogens is 1150 g/mol. The van der Waals surface area contributed by atoms with Crippen molar-refractivity contribution < 1.29 is 88.3 Å². The number of benzene rings is 2. The van der Waals surface area contributed by atoms with Gasteiger partial charge in [0.25, 0.3) is 27.6 Å². The number of nitrogens with zero attached hydrogens (tertiary/aromatic N) is 5. The fraction of sp³-hybridized carbons (Fsp3) is 0.411. The van der Waals surface area contributed by atoms with E-state index in [1.807, 2.05) is 28.2 Å². The van der Waals surface area contributed by atoms with E-state index in [-0.39, 0.29) is 91.3 Å². The van der Waals surface area contributed by atoms with Crippen LogP contribution in [0.15, 0.2) is 77.3 Å². The van der Waals surface area contributed by atoms with Crippen LogP contribution in [0.5, 0.6) is 11.5 Å². The van der Waals surface area contributed by atoms with Crippen LogP contribution in [0.2, 0.25) is 0 Å². The van der Waals surface area contributed by atoms with E-state index >= 15 is 8.63 Å². The van der Waals surface area contributed by atoms with E-state index in [2.05, 4.69) is 16.1 Å². The number of ether oxygens (including phenoxy) is 3. The number of hydrogen-bond acceptors (Lipinski definition) is 16. The van der Waals surface area contributed by atoms with Gasteiger partial charge in [-0.05, 0) is 98.9 Å². The van der Waals surface area contributed by atoms with E-state index in [1.54, 1.807) is 79.1 Å². The lowest BCUT2D eigenvalue weighted by molar-refractivity contribution is -0.915. The van der Waals surface area contributed by atoms with E-state index in [1.165, 1.54) is 18.3 Å². The topological polar surface area (TPSA) is 289 Å². The lowest BCUT2D eigenvalue weighted by Crippen LogP contribution is -3.10. The van der Waals surface area contributed by atoms with Gasteiger partial charge in [0, 0.05) is 54.9 Å². The Kier molecular flexibility index (Phi) is 21.5. The van der Waals surface area contributed by atoms with E-state index in [0.717, 1.165) is 26.0 Å². The third-order valence-electron chi connectivity index (χ3n) is 14.0. The Labute approximate surface area is 494 Å². The van der Waals surface area contributed by atoms with E-state index in [9.17, 15) is 51.9 Å². The number of nitro benzene ring substituents is 1. The number of rotatable bonds is 31. The Morgan fingerprint density at radius 1 is 0.988 bits per heavy atom. The molecule has 7 rings (SSSR count). The van der Waals surface area contributed by atoms with Gasteiger partial charge in [0.15, 0.2) is 17.7 Å². The van der Waals surface area contributed by atoms with Crippen molar-refractivity contribution in [2.45, 2.75) is 77.4 Å². The zero-order chi connectivity index (χ0) is 61.8. The van der Waals surface area contributed by atoms with Gasteiger partial charge in [-0.2, -0.15) is 13.8 Å². The van der Waals surface area contributed by atoms with E-state index < -0.39 is 63.6 Å². The number of fused-ring (bicyclic) bond motifs is 2. The largest absolute Gasteiger partial charge is 0.737 e. The van der Waals surface area contributed by atoms with Crippen molar-refractivity contribution in [2.24, 2.45) is 0 Å². The van der Waals surface area contributed by atoms with Gasteiger partial charge in [-0.25, -0.2) is 4.79 Å². The lowest BCUT2D eigenvalue weighted by Gasteiger charge is -2.31. The minimum Gasteiger partial charge on any atom is -0.494 e. The summed E-state index contributed by atoms with van der Waals surface area (Å²) < 4.78 is 85.5. The normalized spacial score (nSPS) is 15.8. The number of nitro groups is 1. The van der Waals surface area contributed by atoms with E-state index in [4.69, 9.17) is 19.0 Å². The van der Waals surface area contributed by atoms with Crippen LogP contribution in [0.4, 0.5) is 19.1 Å². The number of aryl methyl sites for hydroxylation is 1. The van der Waals surface area contributed by atoms with Crippen LogP contribution in [0.3, 0.4) is 0 Å². The Morgan fingerprint density at radius 3 is 2.38 bits per heavy atom.